The molecule has 0 spiro atoms. The maximum Gasteiger partial charge on any atom is 0.321 e. The van der Waals surface area contributed by atoms with E-state index >= 15 is 0 Å². The molecule has 1 aromatic carbocycles. The minimum Gasteiger partial charge on any atom is -0.504 e. The smallest absolute Gasteiger partial charge is 0.321 e. The predicted molar refractivity (Wildman–Crippen MR) is 69.2 cm³/mol. The number of benzene rings is 1. The topological polar surface area (TPSA) is 61.8 Å². The van der Waals surface area contributed by atoms with Crippen LogP contribution >= 0.6 is 0 Å². The van der Waals surface area contributed by atoms with Crippen molar-refractivity contribution in [3.8, 4) is 11.5 Å². The van der Waals surface area contributed by atoms with Crippen molar-refractivity contribution in [2.75, 3.05) is 19.4 Å². The molecule has 0 aliphatic carbocycles. The van der Waals surface area contributed by atoms with Crippen molar-refractivity contribution >= 4 is 11.7 Å². The van der Waals surface area contributed by atoms with E-state index in [9.17, 15) is 9.90 Å². The number of rotatable bonds is 1. The number of carbonyl (C=O) groups excluding carboxylic acids is 1. The van der Waals surface area contributed by atoms with Crippen LogP contribution in [0.2, 0.25) is 0 Å². The normalized spacial score (nSPS) is 15.8. The SMILES string of the molecule is CN(C)C(=O)Nc1cc(O)c2c(c1)CC(C)(C)O2. The van der Waals surface area contributed by atoms with Crippen molar-refractivity contribution in [3.05, 3.63) is 17.7 Å². The van der Waals surface area contributed by atoms with Crippen LogP contribution in [0.3, 0.4) is 0 Å². The lowest BCUT2D eigenvalue weighted by atomic mass is 10.0. The van der Waals surface area contributed by atoms with Gasteiger partial charge in [-0.25, -0.2) is 4.79 Å². The quantitative estimate of drug-likeness (QED) is 0.803. The zero-order valence-electron chi connectivity index (χ0n) is 11.1. The Balaban J connectivity index is 2.28. The molecule has 0 unspecified atom stereocenters. The van der Waals surface area contributed by atoms with Gasteiger partial charge < -0.3 is 20.1 Å². The highest BCUT2D eigenvalue weighted by Crippen LogP contribution is 2.43. The summed E-state index contributed by atoms with van der Waals surface area (Å²) in [6, 6.07) is 3.11. The van der Waals surface area contributed by atoms with Gasteiger partial charge in [0.05, 0.1) is 0 Å². The van der Waals surface area contributed by atoms with Gasteiger partial charge in [-0.2, -0.15) is 0 Å². The van der Waals surface area contributed by atoms with Crippen LogP contribution in [-0.2, 0) is 6.42 Å². The maximum absolute atomic E-state index is 11.6. The lowest BCUT2D eigenvalue weighted by molar-refractivity contribution is 0.134. The molecule has 0 radical (unpaired) electrons. The van der Waals surface area contributed by atoms with E-state index in [2.05, 4.69) is 5.32 Å². The lowest BCUT2D eigenvalue weighted by Crippen LogP contribution is -2.27. The van der Waals surface area contributed by atoms with E-state index in [4.69, 9.17) is 4.74 Å². The molecule has 5 heteroatoms. The van der Waals surface area contributed by atoms with Crippen molar-refractivity contribution < 1.29 is 14.6 Å². The number of aromatic hydroxyl groups is 1. The first-order chi connectivity index (χ1) is 8.28. The van der Waals surface area contributed by atoms with Crippen LogP contribution in [0.4, 0.5) is 10.5 Å². The van der Waals surface area contributed by atoms with Gasteiger partial charge in [0.2, 0.25) is 0 Å². The number of anilines is 1. The molecule has 1 heterocycles. The van der Waals surface area contributed by atoms with Crippen LogP contribution in [-0.4, -0.2) is 35.7 Å². The van der Waals surface area contributed by atoms with Gasteiger partial charge >= 0.3 is 6.03 Å². The lowest BCUT2D eigenvalue weighted by Gasteiger charge is -2.17. The Morgan fingerprint density at radius 1 is 1.44 bits per heavy atom. The van der Waals surface area contributed by atoms with E-state index in [0.29, 0.717) is 17.9 Å². The minimum atomic E-state index is -0.315. The monoisotopic (exact) mass is 250 g/mol. The van der Waals surface area contributed by atoms with Crippen molar-refractivity contribution in [1.82, 2.24) is 4.90 Å². The summed E-state index contributed by atoms with van der Waals surface area (Å²) >= 11 is 0. The Kier molecular flexibility index (Phi) is 2.84. The number of amides is 2. The summed E-state index contributed by atoms with van der Waals surface area (Å²) in [6.07, 6.45) is 0.710. The Labute approximate surface area is 106 Å². The van der Waals surface area contributed by atoms with Gasteiger partial charge in [0.25, 0.3) is 0 Å². The molecule has 0 aromatic heterocycles. The van der Waals surface area contributed by atoms with Crippen LogP contribution in [0.1, 0.15) is 19.4 Å². The molecule has 98 valence electrons. The van der Waals surface area contributed by atoms with E-state index in [1.54, 1.807) is 14.1 Å². The summed E-state index contributed by atoms with van der Waals surface area (Å²) < 4.78 is 5.66. The Morgan fingerprint density at radius 2 is 2.11 bits per heavy atom. The van der Waals surface area contributed by atoms with Gasteiger partial charge in [-0.3, -0.25) is 0 Å². The zero-order chi connectivity index (χ0) is 13.5. The minimum absolute atomic E-state index is 0.0622. The van der Waals surface area contributed by atoms with E-state index in [1.165, 1.54) is 11.0 Å². The molecule has 0 fully saturated rings. The number of ether oxygens (including phenoxy) is 1. The average molecular weight is 250 g/mol. The Hall–Kier alpha value is -1.91. The van der Waals surface area contributed by atoms with Gasteiger partial charge in [-0.1, -0.05) is 0 Å². The molecular weight excluding hydrogens is 232 g/mol. The van der Waals surface area contributed by atoms with Crippen LogP contribution in [0.25, 0.3) is 0 Å². The maximum atomic E-state index is 11.6. The van der Waals surface area contributed by atoms with Crippen molar-refractivity contribution in [2.45, 2.75) is 25.9 Å². The molecule has 2 amide bonds. The number of fused-ring (bicyclic) bond motifs is 1. The molecule has 0 bridgehead atoms. The van der Waals surface area contributed by atoms with Crippen LogP contribution in [0.5, 0.6) is 11.5 Å². The molecule has 18 heavy (non-hydrogen) atoms. The van der Waals surface area contributed by atoms with Gasteiger partial charge in [-0.15, -0.1) is 0 Å². The summed E-state index contributed by atoms with van der Waals surface area (Å²) in [5.41, 5.74) is 1.17. The number of nitrogens with one attached hydrogen (secondary N) is 1. The predicted octanol–water partition coefficient (Wildman–Crippen LogP) is 2.20. The van der Waals surface area contributed by atoms with Crippen molar-refractivity contribution in [2.24, 2.45) is 0 Å². The van der Waals surface area contributed by atoms with E-state index in [-0.39, 0.29) is 17.4 Å². The summed E-state index contributed by atoms with van der Waals surface area (Å²) in [7, 11) is 3.32. The van der Waals surface area contributed by atoms with Crippen molar-refractivity contribution in [1.29, 1.82) is 0 Å². The summed E-state index contributed by atoms with van der Waals surface area (Å²) in [5, 5.41) is 12.6. The van der Waals surface area contributed by atoms with E-state index in [1.807, 2.05) is 19.9 Å². The third kappa shape index (κ3) is 2.34. The van der Waals surface area contributed by atoms with Gasteiger partial charge in [0, 0.05) is 37.8 Å². The second kappa shape index (κ2) is 4.08. The Morgan fingerprint density at radius 3 is 2.72 bits per heavy atom. The molecule has 5 nitrogen and oxygen atoms in total. The molecule has 2 rings (SSSR count). The number of phenolic OH excluding ortho intramolecular Hbond substituents is 1. The van der Waals surface area contributed by atoms with E-state index in [0.717, 1.165) is 5.56 Å². The van der Waals surface area contributed by atoms with Crippen LogP contribution in [0, 0.1) is 0 Å². The molecule has 1 aliphatic rings. The molecule has 0 saturated carbocycles. The highest BCUT2D eigenvalue weighted by molar-refractivity contribution is 5.89. The number of hydrogen-bond donors (Lipinski definition) is 2. The molecule has 1 aliphatic heterocycles. The third-order valence-electron chi connectivity index (χ3n) is 2.80. The molecule has 0 atom stereocenters. The van der Waals surface area contributed by atoms with E-state index < -0.39 is 0 Å². The number of nitrogens with zero attached hydrogens (tertiary/aromatic N) is 1. The van der Waals surface area contributed by atoms with Gasteiger partial charge in [0.1, 0.15) is 5.60 Å². The molecule has 1 aromatic rings. The fourth-order valence-corrected chi connectivity index (χ4v) is 2.00. The third-order valence-corrected chi connectivity index (χ3v) is 2.80. The number of urea groups is 1. The fourth-order valence-electron chi connectivity index (χ4n) is 2.00. The molecule has 2 N–H and O–H groups in total. The molecular formula is C13H18N2O3. The van der Waals surface area contributed by atoms with Crippen molar-refractivity contribution in [3.63, 3.8) is 0 Å². The highest BCUT2D eigenvalue weighted by Gasteiger charge is 2.32. The average Bonchev–Trinajstić information content (AvgIpc) is 2.53. The van der Waals surface area contributed by atoms with Crippen LogP contribution in [0.15, 0.2) is 12.1 Å². The van der Waals surface area contributed by atoms with Gasteiger partial charge in [-0.05, 0) is 19.9 Å². The summed E-state index contributed by atoms with van der Waals surface area (Å²) in [5.74, 6) is 0.579. The standard InChI is InChI=1S/C13H18N2O3/c1-13(2)7-8-5-9(14-12(17)15(3)4)6-10(16)11(8)18-13/h5-6,16H,7H2,1-4H3,(H,14,17). The second-order valence-corrected chi connectivity index (χ2v) is 5.35. The first kappa shape index (κ1) is 12.5. The number of carbonyl (C=O) groups is 1. The molecule has 0 saturated heterocycles. The summed E-state index contributed by atoms with van der Waals surface area (Å²) in [4.78, 5) is 13.0. The van der Waals surface area contributed by atoms with Crippen LogP contribution < -0.4 is 10.1 Å². The first-order valence-corrected chi connectivity index (χ1v) is 5.82. The van der Waals surface area contributed by atoms with Gasteiger partial charge in [0.15, 0.2) is 11.5 Å². The Bertz CT molecular complexity index is 495. The number of hydrogen-bond acceptors (Lipinski definition) is 3. The first-order valence-electron chi connectivity index (χ1n) is 5.82. The fraction of sp³-hybridized carbons (Fsp3) is 0.462. The zero-order valence-corrected chi connectivity index (χ0v) is 11.1. The second-order valence-electron chi connectivity index (χ2n) is 5.35. The highest BCUT2D eigenvalue weighted by atomic mass is 16.5. The number of phenols is 1. The summed E-state index contributed by atoms with van der Waals surface area (Å²) in [6.45, 7) is 3.93. The largest absolute Gasteiger partial charge is 0.504 e.